The molecule has 0 spiro atoms. The van der Waals surface area contributed by atoms with Gasteiger partial charge in [0.05, 0.1) is 18.5 Å². The van der Waals surface area contributed by atoms with Crippen LogP contribution in [0, 0.1) is 5.92 Å². The number of methoxy groups -OCH3 is 1. The summed E-state index contributed by atoms with van der Waals surface area (Å²) in [6.07, 6.45) is 2.34. The smallest absolute Gasteiger partial charge is 0.316 e. The number of hydrogen-bond acceptors (Lipinski definition) is 3. The average molecular weight is 278 g/mol. The third-order valence-electron chi connectivity index (χ3n) is 3.83. The summed E-state index contributed by atoms with van der Waals surface area (Å²) in [5, 5.41) is 6.31. The molecule has 1 aromatic carbocycles. The summed E-state index contributed by atoms with van der Waals surface area (Å²) in [4.78, 5) is 11.8. The van der Waals surface area contributed by atoms with E-state index in [1.807, 2.05) is 36.0 Å². The molecule has 3 atom stereocenters. The van der Waals surface area contributed by atoms with Crippen molar-refractivity contribution in [3.8, 4) is 5.75 Å². The summed E-state index contributed by atoms with van der Waals surface area (Å²) in [5.41, 5.74) is 1.08. The van der Waals surface area contributed by atoms with Crippen LogP contribution in [0.4, 0.5) is 4.79 Å². The minimum atomic E-state index is -0.0773. The van der Waals surface area contributed by atoms with E-state index in [2.05, 4.69) is 10.6 Å². The molecule has 102 valence electrons. The van der Waals surface area contributed by atoms with Gasteiger partial charge in [-0.2, -0.15) is 0 Å². The molecule has 2 heterocycles. The van der Waals surface area contributed by atoms with Crippen molar-refractivity contribution in [1.82, 2.24) is 10.6 Å². The van der Waals surface area contributed by atoms with Crippen molar-refractivity contribution in [3.05, 3.63) is 29.8 Å². The first-order valence-electron chi connectivity index (χ1n) is 6.61. The van der Waals surface area contributed by atoms with Gasteiger partial charge in [-0.25, -0.2) is 4.79 Å². The number of carbonyl (C=O) groups excluding carboxylic acids is 1. The monoisotopic (exact) mass is 278 g/mol. The van der Waals surface area contributed by atoms with Crippen molar-refractivity contribution >= 4 is 17.8 Å². The van der Waals surface area contributed by atoms with Crippen molar-refractivity contribution < 1.29 is 9.53 Å². The predicted molar refractivity (Wildman–Crippen MR) is 76.4 cm³/mol. The van der Waals surface area contributed by atoms with Gasteiger partial charge in [0, 0.05) is 11.5 Å². The number of thioether (sulfide) groups is 1. The van der Waals surface area contributed by atoms with Gasteiger partial charge in [0.15, 0.2) is 0 Å². The molecule has 2 saturated heterocycles. The molecule has 19 heavy (non-hydrogen) atoms. The Morgan fingerprint density at radius 2 is 2.16 bits per heavy atom. The number of rotatable bonds is 2. The average Bonchev–Trinajstić information content (AvgIpc) is 2.46. The molecule has 1 aromatic rings. The highest BCUT2D eigenvalue weighted by Gasteiger charge is 2.39. The number of carbonyl (C=O) groups is 1. The number of amides is 2. The molecule has 0 aromatic heterocycles. The molecule has 0 saturated carbocycles. The maximum atomic E-state index is 11.8. The van der Waals surface area contributed by atoms with Crippen LogP contribution >= 0.6 is 11.8 Å². The van der Waals surface area contributed by atoms with Gasteiger partial charge in [0.2, 0.25) is 0 Å². The minimum Gasteiger partial charge on any atom is -0.496 e. The quantitative estimate of drug-likeness (QED) is 0.874. The first-order chi connectivity index (χ1) is 9.29. The van der Waals surface area contributed by atoms with Gasteiger partial charge in [-0.15, -0.1) is 11.8 Å². The molecule has 2 aliphatic heterocycles. The zero-order valence-electron chi connectivity index (χ0n) is 10.9. The molecule has 3 rings (SSSR count). The molecule has 2 aliphatic rings. The Kier molecular flexibility index (Phi) is 3.55. The number of benzene rings is 1. The van der Waals surface area contributed by atoms with Gasteiger partial charge in [-0.05, 0) is 24.7 Å². The summed E-state index contributed by atoms with van der Waals surface area (Å²) in [7, 11) is 1.68. The van der Waals surface area contributed by atoms with E-state index in [1.165, 1.54) is 6.42 Å². The molecule has 0 bridgehead atoms. The lowest BCUT2D eigenvalue weighted by Crippen LogP contribution is -2.56. The Labute approximate surface area is 117 Å². The maximum absolute atomic E-state index is 11.8. The van der Waals surface area contributed by atoms with Crippen LogP contribution in [-0.2, 0) is 0 Å². The van der Waals surface area contributed by atoms with E-state index >= 15 is 0 Å². The second-order valence-corrected chi connectivity index (χ2v) is 6.18. The minimum absolute atomic E-state index is 0.0442. The number of urea groups is 1. The molecule has 2 amide bonds. The zero-order valence-corrected chi connectivity index (χ0v) is 11.7. The number of ether oxygens (including phenoxy) is 1. The number of para-hydroxylation sites is 1. The SMILES string of the molecule is COc1ccccc1[C@@H]1NC(=O)N[C@H]2SCCC[C@H]21. The summed E-state index contributed by atoms with van der Waals surface area (Å²) >= 11 is 1.85. The molecular weight excluding hydrogens is 260 g/mol. The van der Waals surface area contributed by atoms with E-state index in [0.717, 1.165) is 23.5 Å². The fraction of sp³-hybridized carbons (Fsp3) is 0.500. The van der Waals surface area contributed by atoms with Gasteiger partial charge in [0.25, 0.3) is 0 Å². The molecule has 0 aliphatic carbocycles. The van der Waals surface area contributed by atoms with Gasteiger partial charge >= 0.3 is 6.03 Å². The second-order valence-electron chi connectivity index (χ2n) is 4.93. The van der Waals surface area contributed by atoms with Gasteiger partial charge < -0.3 is 15.4 Å². The Bertz CT molecular complexity index is 480. The molecule has 5 heteroatoms. The first-order valence-corrected chi connectivity index (χ1v) is 7.66. The Balaban J connectivity index is 1.94. The molecule has 2 N–H and O–H groups in total. The van der Waals surface area contributed by atoms with Gasteiger partial charge in [-0.3, -0.25) is 0 Å². The fourth-order valence-electron chi connectivity index (χ4n) is 2.95. The molecule has 4 nitrogen and oxygen atoms in total. The van der Waals surface area contributed by atoms with Crippen LogP contribution in [0.5, 0.6) is 5.75 Å². The Morgan fingerprint density at radius 3 is 3.00 bits per heavy atom. The van der Waals surface area contributed by atoms with Gasteiger partial charge in [0.1, 0.15) is 5.75 Å². The van der Waals surface area contributed by atoms with E-state index in [0.29, 0.717) is 5.92 Å². The van der Waals surface area contributed by atoms with E-state index in [4.69, 9.17) is 4.74 Å². The summed E-state index contributed by atoms with van der Waals surface area (Å²) < 4.78 is 5.44. The Hall–Kier alpha value is -1.36. The molecule has 2 fully saturated rings. The van der Waals surface area contributed by atoms with E-state index in [9.17, 15) is 4.79 Å². The molecule has 0 unspecified atom stereocenters. The van der Waals surface area contributed by atoms with E-state index < -0.39 is 0 Å². The van der Waals surface area contributed by atoms with Crippen LogP contribution in [0.1, 0.15) is 24.4 Å². The fourth-order valence-corrected chi connectivity index (χ4v) is 4.26. The van der Waals surface area contributed by atoms with Crippen molar-refractivity contribution in [2.24, 2.45) is 5.92 Å². The van der Waals surface area contributed by atoms with Crippen LogP contribution in [0.2, 0.25) is 0 Å². The van der Waals surface area contributed by atoms with Crippen molar-refractivity contribution in [1.29, 1.82) is 0 Å². The van der Waals surface area contributed by atoms with Crippen molar-refractivity contribution in [2.75, 3.05) is 12.9 Å². The van der Waals surface area contributed by atoms with Crippen LogP contribution in [0.15, 0.2) is 24.3 Å². The number of hydrogen-bond donors (Lipinski definition) is 2. The van der Waals surface area contributed by atoms with E-state index in [-0.39, 0.29) is 17.4 Å². The standard InChI is InChI=1S/C14H18N2O2S/c1-18-11-7-3-2-5-9(11)12-10-6-4-8-19-13(10)16-14(17)15-12/h2-3,5,7,10,12-13H,4,6,8H2,1H3,(H2,15,16,17)/t10-,12-,13-/m0/s1. The second kappa shape index (κ2) is 5.33. The number of nitrogens with one attached hydrogen (secondary N) is 2. The first kappa shape index (κ1) is 12.7. The Morgan fingerprint density at radius 1 is 1.32 bits per heavy atom. The van der Waals surface area contributed by atoms with Crippen LogP contribution in [0.25, 0.3) is 0 Å². The lowest BCUT2D eigenvalue weighted by Gasteiger charge is -2.42. The molecule has 0 radical (unpaired) electrons. The van der Waals surface area contributed by atoms with Crippen molar-refractivity contribution in [2.45, 2.75) is 24.3 Å². The summed E-state index contributed by atoms with van der Waals surface area (Å²) in [5.74, 6) is 2.40. The highest BCUT2D eigenvalue weighted by atomic mass is 32.2. The van der Waals surface area contributed by atoms with Crippen molar-refractivity contribution in [3.63, 3.8) is 0 Å². The normalized spacial score (nSPS) is 29.9. The van der Waals surface area contributed by atoms with Crippen LogP contribution in [-0.4, -0.2) is 24.3 Å². The lowest BCUT2D eigenvalue weighted by molar-refractivity contribution is 0.202. The largest absolute Gasteiger partial charge is 0.496 e. The highest BCUT2D eigenvalue weighted by molar-refractivity contribution is 7.99. The van der Waals surface area contributed by atoms with Crippen LogP contribution in [0.3, 0.4) is 0 Å². The lowest BCUT2D eigenvalue weighted by atomic mass is 9.87. The predicted octanol–water partition coefficient (Wildman–Crippen LogP) is 2.52. The number of fused-ring (bicyclic) bond motifs is 1. The third kappa shape index (κ3) is 2.39. The highest BCUT2D eigenvalue weighted by Crippen LogP contribution is 2.41. The topological polar surface area (TPSA) is 50.4 Å². The molecular formula is C14H18N2O2S. The zero-order chi connectivity index (χ0) is 13.2. The van der Waals surface area contributed by atoms with Crippen LogP contribution < -0.4 is 15.4 Å². The summed E-state index contributed by atoms with van der Waals surface area (Å²) in [6.45, 7) is 0. The van der Waals surface area contributed by atoms with Gasteiger partial charge in [-0.1, -0.05) is 18.2 Å². The summed E-state index contributed by atoms with van der Waals surface area (Å²) in [6, 6.07) is 7.92. The maximum Gasteiger partial charge on any atom is 0.316 e. The third-order valence-corrected chi connectivity index (χ3v) is 5.18. The van der Waals surface area contributed by atoms with E-state index in [1.54, 1.807) is 7.11 Å².